The molecule has 0 radical (unpaired) electrons. The van der Waals surface area contributed by atoms with Crippen molar-refractivity contribution in [2.75, 3.05) is 13.2 Å². The van der Waals surface area contributed by atoms with Gasteiger partial charge in [-0.25, -0.2) is 9.69 Å². The number of para-hydroxylation sites is 1. The van der Waals surface area contributed by atoms with Crippen molar-refractivity contribution in [1.82, 2.24) is 15.1 Å². The summed E-state index contributed by atoms with van der Waals surface area (Å²) in [5, 5.41) is 3.74. The quantitative estimate of drug-likeness (QED) is 0.714. The van der Waals surface area contributed by atoms with Gasteiger partial charge < -0.3 is 9.73 Å². The monoisotopic (exact) mass is 375 g/mol. The maximum absolute atomic E-state index is 13.2. The molecule has 0 aliphatic carbocycles. The summed E-state index contributed by atoms with van der Waals surface area (Å²) in [5.74, 6) is 0.175. The molecule has 2 aliphatic heterocycles. The number of carbonyl (C=O) groups is 2. The van der Waals surface area contributed by atoms with Gasteiger partial charge in [-0.3, -0.25) is 9.69 Å². The Morgan fingerprint density at radius 3 is 2.64 bits per heavy atom. The smallest absolute Gasteiger partial charge is 0.326 e. The summed E-state index contributed by atoms with van der Waals surface area (Å²) in [4.78, 5) is 29.2. The van der Waals surface area contributed by atoms with Crippen LogP contribution in [0.3, 0.4) is 0 Å². The van der Waals surface area contributed by atoms with Crippen LogP contribution in [0, 0.1) is 0 Å². The van der Waals surface area contributed by atoms with Gasteiger partial charge in [0.2, 0.25) is 0 Å². The van der Waals surface area contributed by atoms with E-state index < -0.39 is 5.54 Å². The first kappa shape index (κ1) is 17.0. The molecular weight excluding hydrogens is 354 g/mol. The fraction of sp³-hybridized carbons (Fsp3) is 0.273. The lowest BCUT2D eigenvalue weighted by molar-refractivity contribution is -0.133. The first-order valence-corrected chi connectivity index (χ1v) is 9.47. The zero-order valence-corrected chi connectivity index (χ0v) is 15.6. The molecule has 5 rings (SSSR count). The van der Waals surface area contributed by atoms with Crippen LogP contribution in [0.15, 0.2) is 59.0 Å². The van der Waals surface area contributed by atoms with E-state index >= 15 is 0 Å². The molecule has 0 bridgehead atoms. The van der Waals surface area contributed by atoms with E-state index in [4.69, 9.17) is 4.42 Å². The lowest BCUT2D eigenvalue weighted by Crippen LogP contribution is -2.45. The Labute approximate surface area is 162 Å². The predicted octanol–water partition coefficient (Wildman–Crippen LogP) is 3.22. The number of nitrogens with one attached hydrogen (secondary N) is 1. The molecule has 0 spiro atoms. The summed E-state index contributed by atoms with van der Waals surface area (Å²) >= 11 is 0. The molecule has 2 aromatic carbocycles. The Bertz CT molecular complexity index is 1060. The number of hydrogen-bond acceptors (Lipinski definition) is 4. The summed E-state index contributed by atoms with van der Waals surface area (Å²) in [5.41, 5.74) is 2.10. The van der Waals surface area contributed by atoms with Crippen molar-refractivity contribution in [3.8, 4) is 0 Å². The Hall–Kier alpha value is -3.12. The molecule has 2 aliphatic rings. The normalized spacial score (nSPS) is 22.5. The zero-order chi connectivity index (χ0) is 19.3. The van der Waals surface area contributed by atoms with Crippen molar-refractivity contribution in [2.45, 2.75) is 25.4 Å². The molecule has 1 atom stereocenters. The highest BCUT2D eigenvalue weighted by Crippen LogP contribution is 2.33. The molecule has 1 N–H and O–H groups in total. The van der Waals surface area contributed by atoms with Crippen LogP contribution in [-0.2, 0) is 23.3 Å². The number of fused-ring (bicyclic) bond motifs is 2. The molecule has 3 aromatic rings. The minimum atomic E-state index is -1.19. The Kier molecular flexibility index (Phi) is 3.77. The van der Waals surface area contributed by atoms with Gasteiger partial charge >= 0.3 is 6.03 Å². The van der Waals surface area contributed by atoms with Gasteiger partial charge in [0.25, 0.3) is 5.91 Å². The summed E-state index contributed by atoms with van der Waals surface area (Å²) in [7, 11) is 0. The van der Waals surface area contributed by atoms with Crippen LogP contribution in [0.1, 0.15) is 23.8 Å². The standard InChI is InChI=1S/C22H21N3O3/c1-22(19-12-16-7-4-5-9-18(16)28-19)20(26)25(21(27)23-22)14-24-11-10-15-6-2-3-8-17(15)13-24/h2-9,12H,10-11,13-14H2,1H3,(H,23,27)/t22-/m1/s1. The minimum Gasteiger partial charge on any atom is -0.458 e. The van der Waals surface area contributed by atoms with Crippen LogP contribution in [0.25, 0.3) is 11.0 Å². The maximum Gasteiger partial charge on any atom is 0.326 e. The van der Waals surface area contributed by atoms with Gasteiger partial charge in [0.1, 0.15) is 11.3 Å². The van der Waals surface area contributed by atoms with Gasteiger partial charge in [0.05, 0.1) is 6.67 Å². The highest BCUT2D eigenvalue weighted by molar-refractivity contribution is 6.07. The second-order valence-electron chi connectivity index (χ2n) is 7.65. The maximum atomic E-state index is 13.2. The Morgan fingerprint density at radius 2 is 1.82 bits per heavy atom. The van der Waals surface area contributed by atoms with Gasteiger partial charge in [-0.05, 0) is 36.6 Å². The average Bonchev–Trinajstić information content (AvgIpc) is 3.24. The average molecular weight is 375 g/mol. The van der Waals surface area contributed by atoms with E-state index in [2.05, 4.69) is 22.3 Å². The SMILES string of the molecule is C[C@]1(c2cc3ccccc3o2)NC(=O)N(CN2CCc3ccccc3C2)C1=O. The summed E-state index contributed by atoms with van der Waals surface area (Å²) in [6, 6.07) is 17.3. The van der Waals surface area contributed by atoms with E-state index in [1.54, 1.807) is 6.92 Å². The molecule has 6 nitrogen and oxygen atoms in total. The topological polar surface area (TPSA) is 65.8 Å². The molecule has 1 fully saturated rings. The van der Waals surface area contributed by atoms with E-state index in [0.717, 1.165) is 24.9 Å². The highest BCUT2D eigenvalue weighted by Gasteiger charge is 2.51. The molecule has 0 saturated carbocycles. The van der Waals surface area contributed by atoms with E-state index in [0.29, 0.717) is 11.3 Å². The summed E-state index contributed by atoms with van der Waals surface area (Å²) in [6.45, 7) is 3.52. The first-order chi connectivity index (χ1) is 13.5. The fourth-order valence-electron chi connectivity index (χ4n) is 4.10. The first-order valence-electron chi connectivity index (χ1n) is 9.47. The van der Waals surface area contributed by atoms with Gasteiger partial charge in [-0.15, -0.1) is 0 Å². The summed E-state index contributed by atoms with van der Waals surface area (Å²) in [6.07, 6.45) is 0.917. The van der Waals surface area contributed by atoms with Crippen molar-refractivity contribution < 1.29 is 14.0 Å². The van der Waals surface area contributed by atoms with Gasteiger partial charge in [0.15, 0.2) is 5.54 Å². The van der Waals surface area contributed by atoms with Gasteiger partial charge in [-0.2, -0.15) is 0 Å². The molecule has 1 saturated heterocycles. The van der Waals surface area contributed by atoms with Crippen molar-refractivity contribution in [1.29, 1.82) is 0 Å². The number of benzene rings is 2. The van der Waals surface area contributed by atoms with Gasteiger partial charge in [0, 0.05) is 18.5 Å². The van der Waals surface area contributed by atoms with E-state index in [1.165, 1.54) is 16.0 Å². The van der Waals surface area contributed by atoms with Crippen LogP contribution < -0.4 is 5.32 Å². The van der Waals surface area contributed by atoms with Crippen molar-refractivity contribution in [3.63, 3.8) is 0 Å². The van der Waals surface area contributed by atoms with Crippen LogP contribution in [0.2, 0.25) is 0 Å². The van der Waals surface area contributed by atoms with E-state index in [9.17, 15) is 9.59 Å². The third-order valence-corrected chi connectivity index (χ3v) is 5.74. The Morgan fingerprint density at radius 1 is 1.07 bits per heavy atom. The zero-order valence-electron chi connectivity index (χ0n) is 15.6. The number of carbonyl (C=O) groups excluding carboxylic acids is 2. The highest BCUT2D eigenvalue weighted by atomic mass is 16.3. The van der Waals surface area contributed by atoms with E-state index in [-0.39, 0.29) is 18.6 Å². The van der Waals surface area contributed by atoms with Crippen molar-refractivity contribution in [2.24, 2.45) is 0 Å². The minimum absolute atomic E-state index is 0.273. The molecule has 3 amide bonds. The number of hydrogen-bond donors (Lipinski definition) is 1. The van der Waals surface area contributed by atoms with Crippen molar-refractivity contribution in [3.05, 3.63) is 71.5 Å². The number of imide groups is 1. The van der Waals surface area contributed by atoms with Crippen LogP contribution in [0.4, 0.5) is 4.79 Å². The number of nitrogens with zero attached hydrogens (tertiary/aromatic N) is 2. The second kappa shape index (κ2) is 6.21. The van der Waals surface area contributed by atoms with E-state index in [1.807, 2.05) is 42.5 Å². The molecular formula is C22H21N3O3. The second-order valence-corrected chi connectivity index (χ2v) is 7.65. The van der Waals surface area contributed by atoms with Gasteiger partial charge in [-0.1, -0.05) is 42.5 Å². The molecule has 1 aromatic heterocycles. The fourth-order valence-corrected chi connectivity index (χ4v) is 4.10. The molecule has 0 unspecified atom stereocenters. The van der Waals surface area contributed by atoms with Crippen molar-refractivity contribution >= 4 is 22.9 Å². The summed E-state index contributed by atoms with van der Waals surface area (Å²) < 4.78 is 5.88. The lowest BCUT2D eigenvalue weighted by atomic mass is 9.98. The lowest BCUT2D eigenvalue weighted by Gasteiger charge is -2.31. The molecule has 6 heteroatoms. The largest absolute Gasteiger partial charge is 0.458 e. The van der Waals surface area contributed by atoms with Crippen LogP contribution in [0.5, 0.6) is 0 Å². The third-order valence-electron chi connectivity index (χ3n) is 5.74. The molecule has 142 valence electrons. The van der Waals surface area contributed by atoms with Crippen LogP contribution in [-0.4, -0.2) is 35.0 Å². The predicted molar refractivity (Wildman–Crippen MR) is 104 cm³/mol. The molecule has 3 heterocycles. The number of amides is 3. The third kappa shape index (κ3) is 2.60. The number of furan rings is 1. The number of rotatable bonds is 3. The molecule has 28 heavy (non-hydrogen) atoms. The number of urea groups is 1. The van der Waals surface area contributed by atoms with Crippen LogP contribution >= 0.6 is 0 Å². The Balaban J connectivity index is 1.38.